The van der Waals surface area contributed by atoms with Crippen LogP contribution in [0, 0.1) is 0 Å². The van der Waals surface area contributed by atoms with Gasteiger partial charge < -0.3 is 52.1 Å². The van der Waals surface area contributed by atoms with Crippen molar-refractivity contribution in [2.75, 3.05) is 20.3 Å². The number of benzene rings is 5. The number of methoxy groups -OCH3 is 1. The summed E-state index contributed by atoms with van der Waals surface area (Å²) in [6.45, 7) is 3.05. The Balaban J connectivity index is 1.28. The molecule has 0 bridgehead atoms. The fourth-order valence-electron chi connectivity index (χ4n) is 8.73. The van der Waals surface area contributed by atoms with Crippen molar-refractivity contribution in [3.63, 3.8) is 0 Å². The number of ether oxygens (including phenoxy) is 11. The summed E-state index contributed by atoms with van der Waals surface area (Å²) in [7, 11) is 1.55. The molecule has 2 amide bonds. The third kappa shape index (κ3) is 12.5. The molecule has 0 aromatic heterocycles. The number of hydrogen-bond donors (Lipinski definition) is 0. The Bertz CT molecular complexity index is 2550. The van der Waals surface area contributed by atoms with Crippen molar-refractivity contribution in [2.45, 2.75) is 102 Å². The monoisotopic (exact) mass is 973 g/mol. The van der Waals surface area contributed by atoms with Crippen LogP contribution < -0.4 is 9.47 Å². The van der Waals surface area contributed by atoms with Crippen LogP contribution in [0.3, 0.4) is 0 Å². The molecule has 0 spiro atoms. The highest BCUT2D eigenvalue weighted by atomic mass is 16.8. The molecule has 8 rings (SSSR count). The van der Waals surface area contributed by atoms with E-state index in [0.717, 1.165) is 35.4 Å². The van der Waals surface area contributed by atoms with Gasteiger partial charge in [-0.25, -0.2) is 0 Å². The predicted molar refractivity (Wildman–Crippen MR) is 250 cm³/mol. The zero-order valence-corrected chi connectivity index (χ0v) is 39.6. The molecule has 0 aliphatic carbocycles. The zero-order chi connectivity index (χ0) is 49.9. The van der Waals surface area contributed by atoms with Crippen LogP contribution in [0.5, 0.6) is 11.5 Å². The van der Waals surface area contributed by atoms with Crippen LogP contribution in [-0.2, 0) is 76.8 Å². The number of fused-ring (bicyclic) bond motifs is 1. The molecule has 2 saturated heterocycles. The average Bonchev–Trinajstić information content (AvgIpc) is 3.62. The first-order chi connectivity index (χ1) is 34.5. The Morgan fingerprint density at radius 2 is 0.986 bits per heavy atom. The topological polar surface area (TPSA) is 190 Å². The number of rotatable bonds is 20. The largest absolute Gasteiger partial charge is 0.497 e. The fourth-order valence-corrected chi connectivity index (χ4v) is 8.73. The van der Waals surface area contributed by atoms with Crippen molar-refractivity contribution < 1.29 is 76.1 Å². The van der Waals surface area contributed by atoms with Crippen LogP contribution in [0.1, 0.15) is 58.2 Å². The third-order valence-electron chi connectivity index (χ3n) is 12.0. The van der Waals surface area contributed by atoms with E-state index in [4.69, 9.17) is 52.1 Å². The number of hydrogen-bond acceptors (Lipinski definition) is 16. The lowest BCUT2D eigenvalue weighted by Crippen LogP contribution is -2.70. The van der Waals surface area contributed by atoms with Crippen molar-refractivity contribution in [3.05, 3.63) is 167 Å². The molecule has 3 aliphatic heterocycles. The maximum atomic E-state index is 14.6. The second-order valence-electron chi connectivity index (χ2n) is 17.0. The summed E-state index contributed by atoms with van der Waals surface area (Å²) in [5.74, 6) is -2.97. The van der Waals surface area contributed by atoms with E-state index in [2.05, 4.69) is 0 Å². The minimum Gasteiger partial charge on any atom is -0.497 e. The Labute approximate surface area is 410 Å². The first kappa shape index (κ1) is 50.4. The maximum Gasteiger partial charge on any atom is 0.303 e. The maximum absolute atomic E-state index is 14.6. The molecule has 5 aromatic rings. The minimum absolute atomic E-state index is 0.00477. The van der Waals surface area contributed by atoms with Gasteiger partial charge in [-0.15, -0.1) is 0 Å². The quantitative estimate of drug-likeness (QED) is 0.0474. The number of carbonyl (C=O) groups is 5. The number of esters is 3. The molecule has 0 unspecified atom stereocenters. The molecular weight excluding hydrogens is 919 g/mol. The molecule has 17 heteroatoms. The van der Waals surface area contributed by atoms with Crippen molar-refractivity contribution in [3.8, 4) is 11.5 Å². The lowest BCUT2D eigenvalue weighted by Gasteiger charge is -2.51. The highest BCUT2D eigenvalue weighted by molar-refractivity contribution is 6.21. The van der Waals surface area contributed by atoms with Gasteiger partial charge >= 0.3 is 17.9 Å². The standard InChI is InChI=1S/C54H55NO16/c1-33(56)63-32-44-47(66-34(2)57)48(67-35(3)58)45(55-51(59)41-22-14-15-23-42(41)52(55)60)53(69-44)71-49-46(64-29-37-18-10-6-11-19-37)43(31-62-28-36-16-8-5-9-17-36)70-54(68-40-26-24-39(61-4)25-27-40)50(49)65-30-38-20-12-7-13-21-38/h5-27,43-50,53-54H,28-32H2,1-4H3/t43-,44-,45-,46-,47+,48+,49-,50-,53-,54+/m0/s1. The van der Waals surface area contributed by atoms with Crippen molar-refractivity contribution in [1.82, 2.24) is 4.90 Å². The summed E-state index contributed by atoms with van der Waals surface area (Å²) >= 11 is 0. The average molecular weight is 974 g/mol. The number of imide groups is 1. The Morgan fingerprint density at radius 3 is 1.52 bits per heavy atom. The van der Waals surface area contributed by atoms with Crippen LogP contribution in [-0.4, -0.2) is 116 Å². The first-order valence-electron chi connectivity index (χ1n) is 23.1. The number of amides is 2. The summed E-state index contributed by atoms with van der Waals surface area (Å²) in [5, 5.41) is 0. The van der Waals surface area contributed by atoms with Gasteiger partial charge in [-0.05, 0) is 53.1 Å². The third-order valence-corrected chi connectivity index (χ3v) is 12.0. The predicted octanol–water partition coefficient (Wildman–Crippen LogP) is 6.39. The molecule has 71 heavy (non-hydrogen) atoms. The van der Waals surface area contributed by atoms with Crippen molar-refractivity contribution in [2.24, 2.45) is 0 Å². The lowest BCUT2D eigenvalue weighted by atomic mass is 9.93. The van der Waals surface area contributed by atoms with E-state index in [9.17, 15) is 24.0 Å². The summed E-state index contributed by atoms with van der Waals surface area (Å²) in [6.07, 6.45) is -12.3. The van der Waals surface area contributed by atoms with Gasteiger partial charge in [0.2, 0.25) is 6.29 Å². The van der Waals surface area contributed by atoms with E-state index in [-0.39, 0.29) is 37.6 Å². The van der Waals surface area contributed by atoms with Crippen LogP contribution in [0.2, 0.25) is 0 Å². The Hall–Kier alpha value is -6.99. The molecule has 0 saturated carbocycles. The van der Waals surface area contributed by atoms with Gasteiger partial charge in [-0.2, -0.15) is 0 Å². The van der Waals surface area contributed by atoms with E-state index in [1.807, 2.05) is 91.0 Å². The Morgan fingerprint density at radius 1 is 0.507 bits per heavy atom. The molecule has 2 fully saturated rings. The minimum atomic E-state index is -1.75. The smallest absolute Gasteiger partial charge is 0.303 e. The van der Waals surface area contributed by atoms with E-state index in [1.54, 1.807) is 43.5 Å². The van der Waals surface area contributed by atoms with Gasteiger partial charge in [0.05, 0.1) is 44.7 Å². The molecule has 372 valence electrons. The van der Waals surface area contributed by atoms with E-state index in [1.165, 1.54) is 19.1 Å². The van der Waals surface area contributed by atoms with Gasteiger partial charge in [-0.3, -0.25) is 28.9 Å². The first-order valence-corrected chi connectivity index (χ1v) is 23.1. The molecule has 3 heterocycles. The molecular formula is C54H55NO16. The van der Waals surface area contributed by atoms with E-state index < -0.39 is 97.7 Å². The highest BCUT2D eigenvalue weighted by Crippen LogP contribution is 2.39. The van der Waals surface area contributed by atoms with Gasteiger partial charge in [-0.1, -0.05) is 103 Å². The van der Waals surface area contributed by atoms with Crippen LogP contribution in [0.25, 0.3) is 0 Å². The van der Waals surface area contributed by atoms with E-state index in [0.29, 0.717) is 11.5 Å². The second-order valence-corrected chi connectivity index (χ2v) is 17.0. The highest BCUT2D eigenvalue weighted by Gasteiger charge is 2.60. The fraction of sp³-hybridized carbons (Fsp3) is 0.352. The van der Waals surface area contributed by atoms with Gasteiger partial charge in [0.1, 0.15) is 54.7 Å². The summed E-state index contributed by atoms with van der Waals surface area (Å²) < 4.78 is 70.2. The van der Waals surface area contributed by atoms with Gasteiger partial charge in [0.15, 0.2) is 18.5 Å². The molecule has 3 aliphatic rings. The van der Waals surface area contributed by atoms with Crippen molar-refractivity contribution >= 4 is 29.7 Å². The van der Waals surface area contributed by atoms with Gasteiger partial charge in [0, 0.05) is 20.8 Å². The Kier molecular flexibility index (Phi) is 16.9. The second kappa shape index (κ2) is 23.7. The van der Waals surface area contributed by atoms with Crippen LogP contribution in [0.4, 0.5) is 0 Å². The molecule has 0 N–H and O–H groups in total. The normalized spacial score (nSPS) is 24.9. The van der Waals surface area contributed by atoms with Crippen LogP contribution in [0.15, 0.2) is 140 Å². The number of carbonyl (C=O) groups excluding carboxylic acids is 5. The summed E-state index contributed by atoms with van der Waals surface area (Å²) in [4.78, 5) is 68.5. The van der Waals surface area contributed by atoms with Crippen LogP contribution >= 0.6 is 0 Å². The zero-order valence-electron chi connectivity index (χ0n) is 39.6. The lowest BCUT2D eigenvalue weighted by molar-refractivity contribution is -0.354. The molecule has 5 aromatic carbocycles. The van der Waals surface area contributed by atoms with Gasteiger partial charge in [0.25, 0.3) is 11.8 Å². The molecule has 0 radical (unpaired) electrons. The molecule has 17 nitrogen and oxygen atoms in total. The summed E-state index contributed by atoms with van der Waals surface area (Å²) in [5.41, 5.74) is 2.60. The van der Waals surface area contributed by atoms with E-state index >= 15 is 0 Å². The van der Waals surface area contributed by atoms with Crippen molar-refractivity contribution in [1.29, 1.82) is 0 Å². The molecule has 10 atom stereocenters. The SMILES string of the molecule is COc1ccc(O[C@@H]2O[C@@H](COCc3ccccc3)[C@H](OCc3ccccc3)[C@H](O[C@@H]3O[C@@H](COC(C)=O)[C@@H](OC(C)=O)[C@H](OC(C)=O)[C@@H]3N3C(=O)c4ccccc4C3=O)[C@@H]2OCc2ccccc2)cc1. The number of nitrogens with zero attached hydrogens (tertiary/aromatic N) is 1. The summed E-state index contributed by atoms with van der Waals surface area (Å²) in [6, 6.07) is 39.7.